The fraction of sp³-hybridized carbons (Fsp3) is 0.833. The Labute approximate surface area is 129 Å². The van der Waals surface area contributed by atoms with Crippen molar-refractivity contribution in [2.24, 2.45) is 11.1 Å². The van der Waals surface area contributed by atoms with E-state index < -0.39 is 70.1 Å². The first-order valence-electron chi connectivity index (χ1n) is 12.1. The second kappa shape index (κ2) is 7.79. The van der Waals surface area contributed by atoms with Crippen LogP contribution in [0.15, 0.2) is 0 Å². The summed E-state index contributed by atoms with van der Waals surface area (Å²) >= 11 is 0. The lowest BCUT2D eigenvalue weighted by Gasteiger charge is -2.27. The number of alkyl carbamates (subject to hydrolysis) is 1. The Hall–Kier alpha value is -1.46. The molecule has 2 amide bonds. The number of nitrogens with two attached hydrogens (primary N) is 1. The fourth-order valence-electron chi connectivity index (χ4n) is 0.751. The lowest BCUT2D eigenvalue weighted by Crippen LogP contribution is -2.37. The van der Waals surface area contributed by atoms with Crippen molar-refractivity contribution in [1.29, 1.82) is 0 Å². The van der Waals surface area contributed by atoms with Crippen molar-refractivity contribution in [3.63, 3.8) is 0 Å². The molecule has 0 saturated heterocycles. The van der Waals surface area contributed by atoms with Crippen LogP contribution in [-0.2, 0) is 9.47 Å². The summed E-state index contributed by atoms with van der Waals surface area (Å²) in [6.07, 6.45) is -11.2. The first-order valence-corrected chi connectivity index (χ1v) is 4.57. The number of hydrogen-bond donors (Lipinski definition) is 2. The largest absolute Gasteiger partial charge is 0.449 e. The van der Waals surface area contributed by atoms with Gasteiger partial charge in [0, 0.05) is 29.3 Å². The average Bonchev–Trinajstić information content (AvgIpc) is 2.53. The molecule has 0 aliphatic rings. The molecular weight excluding hydrogens is 236 g/mol. The van der Waals surface area contributed by atoms with Crippen LogP contribution in [0.3, 0.4) is 0 Å². The zero-order valence-corrected chi connectivity index (χ0v) is 9.49. The maximum atomic E-state index is 12.2. The highest BCUT2D eigenvalue weighted by molar-refractivity contribution is 5.67. The monoisotopic (exact) mass is 275 g/mol. The van der Waals surface area contributed by atoms with Gasteiger partial charge in [0.05, 0.1) is 2.74 Å². The van der Waals surface area contributed by atoms with E-state index in [-0.39, 0.29) is 0 Å². The van der Waals surface area contributed by atoms with E-state index in [1.54, 1.807) is 0 Å². The Bertz CT molecular complexity index is 716. The fourth-order valence-corrected chi connectivity index (χ4v) is 0.751. The number of amides is 2. The third-order valence-electron chi connectivity index (χ3n) is 1.47. The van der Waals surface area contributed by atoms with Gasteiger partial charge in [-0.25, -0.2) is 9.59 Å². The number of nitrogens with one attached hydrogen (secondary N) is 1. The summed E-state index contributed by atoms with van der Waals surface area (Å²) in [7, 11) is 0. The van der Waals surface area contributed by atoms with Gasteiger partial charge >= 0.3 is 12.2 Å². The van der Waals surface area contributed by atoms with Crippen LogP contribution in [0.5, 0.6) is 0 Å². The van der Waals surface area contributed by atoms with Crippen molar-refractivity contribution >= 4 is 12.2 Å². The molecule has 1 unspecified atom stereocenters. The predicted molar refractivity (Wildman–Crippen MR) is 68.2 cm³/mol. The van der Waals surface area contributed by atoms with Gasteiger partial charge in [-0.2, -0.15) is 0 Å². The molecule has 0 heterocycles. The van der Waals surface area contributed by atoms with E-state index in [0.717, 1.165) is 0 Å². The molecule has 18 heavy (non-hydrogen) atoms. The van der Waals surface area contributed by atoms with Crippen molar-refractivity contribution in [1.82, 2.24) is 5.32 Å². The van der Waals surface area contributed by atoms with Gasteiger partial charge in [0.25, 0.3) is 0 Å². The van der Waals surface area contributed by atoms with Gasteiger partial charge in [-0.1, -0.05) is 20.1 Å². The molecular formula is C12H24N2O4. The van der Waals surface area contributed by atoms with Crippen molar-refractivity contribution < 1.29 is 39.6 Å². The number of hydrogen-bond acceptors (Lipinski definition) is 4. The molecule has 6 nitrogen and oxygen atoms in total. The molecule has 3 N–H and O–H groups in total. The smallest absolute Gasteiger partial charge is 0.407 e. The average molecular weight is 275 g/mol. The number of carbonyl (C=O) groups is 2. The van der Waals surface area contributed by atoms with Gasteiger partial charge in [0.15, 0.2) is 0 Å². The van der Waals surface area contributed by atoms with E-state index in [2.05, 4.69) is 9.47 Å². The molecule has 1 atom stereocenters. The van der Waals surface area contributed by atoms with E-state index in [4.69, 9.17) is 26.3 Å². The van der Waals surface area contributed by atoms with Crippen molar-refractivity contribution in [3.05, 3.63) is 0 Å². The number of carbonyl (C=O) groups excluding carboxylic acids is 2. The Morgan fingerprint density at radius 2 is 2.22 bits per heavy atom. The molecule has 0 radical (unpaired) electrons. The summed E-state index contributed by atoms with van der Waals surface area (Å²) in [4.78, 5) is 23.2. The van der Waals surface area contributed by atoms with Crippen LogP contribution >= 0.6 is 0 Å². The lowest BCUT2D eigenvalue weighted by molar-refractivity contribution is 0.0333. The van der Waals surface area contributed by atoms with E-state index in [1.165, 1.54) is 5.32 Å². The summed E-state index contributed by atoms with van der Waals surface area (Å²) < 4.78 is 122. The molecule has 0 bridgehead atoms. The van der Waals surface area contributed by atoms with Gasteiger partial charge in [-0.3, -0.25) is 0 Å². The second-order valence-electron chi connectivity index (χ2n) is 3.26. The second-order valence-corrected chi connectivity index (χ2v) is 3.26. The number of primary amides is 1. The molecule has 106 valence electrons. The molecule has 0 aromatic rings. The Kier molecular flexibility index (Phi) is 1.85. The Balaban J connectivity index is 6.39. The summed E-state index contributed by atoms with van der Waals surface area (Å²) in [6.45, 7) is -14.9. The molecule has 0 saturated carbocycles. The van der Waals surface area contributed by atoms with Crippen LogP contribution in [0, 0.1) is 5.41 Å². The summed E-state index contributed by atoms with van der Waals surface area (Å²) in [5.41, 5.74) is 1.68. The highest BCUT2D eigenvalue weighted by atomic mass is 16.6. The van der Waals surface area contributed by atoms with Crippen LogP contribution in [0.25, 0.3) is 0 Å². The van der Waals surface area contributed by atoms with Gasteiger partial charge in [0.1, 0.15) is 13.2 Å². The standard InChI is InChI=1S/C12H24N2O4/c1-5-6-12(4,7-17-10(13)15)8-18-11(16)14-9(2)3/h9H,5-8H2,1-4H3,(H2,13,15)(H,14,16)/i1D3,2D3,3D3,5D2,6D2,8D2. The lowest BCUT2D eigenvalue weighted by atomic mass is 9.87. The molecule has 0 aromatic carbocycles. The maximum Gasteiger partial charge on any atom is 0.407 e. The van der Waals surface area contributed by atoms with Crippen LogP contribution in [0.1, 0.15) is 60.8 Å². The van der Waals surface area contributed by atoms with E-state index >= 15 is 0 Å². The van der Waals surface area contributed by atoms with Crippen molar-refractivity contribution in [2.75, 3.05) is 13.2 Å². The number of rotatable bonds is 7. The predicted octanol–water partition coefficient (Wildman–Crippen LogP) is 2.02. The van der Waals surface area contributed by atoms with Crippen LogP contribution in [-0.4, -0.2) is 31.4 Å². The van der Waals surface area contributed by atoms with E-state index in [0.29, 0.717) is 6.92 Å². The molecule has 0 rings (SSSR count). The van der Waals surface area contributed by atoms with Gasteiger partial charge in [-0.05, 0) is 20.1 Å². The molecule has 0 aliphatic carbocycles. The highest BCUT2D eigenvalue weighted by Crippen LogP contribution is 2.24. The van der Waals surface area contributed by atoms with Gasteiger partial charge in [-0.15, -0.1) is 0 Å². The summed E-state index contributed by atoms with van der Waals surface area (Å²) in [6, 6.07) is -2.54. The zero-order valence-electron chi connectivity index (χ0n) is 24.5. The first-order chi connectivity index (χ1) is 14.1. The van der Waals surface area contributed by atoms with Crippen LogP contribution in [0.4, 0.5) is 9.59 Å². The minimum atomic E-state index is -3.82. The Morgan fingerprint density at radius 3 is 2.78 bits per heavy atom. The SMILES string of the molecule is [2H]C([2H])([2H])C(NC(=O)OC([2H])([2H])C(C)(COC(N)=O)C([2H])([2H])C([2H])([2H])C([2H])([2H])[2H])C([2H])([2H])[2H]. The van der Waals surface area contributed by atoms with Crippen LogP contribution in [0.2, 0.25) is 0 Å². The van der Waals surface area contributed by atoms with Crippen molar-refractivity contribution in [3.8, 4) is 0 Å². The first kappa shape index (κ1) is 4.28. The normalized spacial score (nSPS) is 30.7. The van der Waals surface area contributed by atoms with E-state index in [9.17, 15) is 9.59 Å². The molecule has 0 fully saturated rings. The third kappa shape index (κ3) is 7.76. The van der Waals surface area contributed by atoms with Gasteiger partial charge < -0.3 is 20.5 Å². The number of ether oxygens (including phenoxy) is 2. The molecule has 0 aliphatic heterocycles. The van der Waals surface area contributed by atoms with Crippen LogP contribution < -0.4 is 11.1 Å². The Morgan fingerprint density at radius 1 is 1.50 bits per heavy atom. The maximum absolute atomic E-state index is 12.2. The highest BCUT2D eigenvalue weighted by Gasteiger charge is 2.27. The molecule has 0 spiro atoms. The molecule has 0 aromatic heterocycles. The third-order valence-corrected chi connectivity index (χ3v) is 1.47. The summed E-state index contributed by atoms with van der Waals surface area (Å²) in [5.74, 6) is 0. The van der Waals surface area contributed by atoms with E-state index in [1.807, 2.05) is 0 Å². The van der Waals surface area contributed by atoms with Gasteiger partial charge in [0.2, 0.25) is 0 Å². The van der Waals surface area contributed by atoms with Crippen molar-refractivity contribution in [2.45, 2.75) is 46.3 Å². The molecule has 6 heteroatoms. The minimum Gasteiger partial charge on any atom is -0.449 e. The zero-order chi connectivity index (χ0) is 27.1. The quantitative estimate of drug-likeness (QED) is 0.743. The topological polar surface area (TPSA) is 90.7 Å². The minimum absolute atomic E-state index is 0.553. The summed E-state index contributed by atoms with van der Waals surface area (Å²) in [5, 5.41) is 1.42.